The van der Waals surface area contributed by atoms with E-state index in [9.17, 15) is 0 Å². The molecule has 1 aliphatic rings. The number of nitrogens with one attached hydrogen (secondary N) is 1. The molecule has 1 fully saturated rings. The first-order chi connectivity index (χ1) is 12.3. The molecule has 1 heterocycles. The summed E-state index contributed by atoms with van der Waals surface area (Å²) < 4.78 is 0. The van der Waals surface area contributed by atoms with Crippen molar-refractivity contribution in [2.75, 3.05) is 13.1 Å². The third-order valence-corrected chi connectivity index (χ3v) is 5.60. The molecule has 0 radical (unpaired) electrons. The lowest BCUT2D eigenvalue weighted by atomic mass is 9.89. The Bertz CT molecular complexity index is 629. The van der Waals surface area contributed by atoms with Crippen LogP contribution < -0.4 is 5.32 Å². The molecule has 1 nitrogen and oxygen atoms in total. The molecule has 1 aliphatic heterocycles. The van der Waals surface area contributed by atoms with E-state index < -0.39 is 0 Å². The van der Waals surface area contributed by atoms with E-state index in [1.807, 2.05) is 12.1 Å². The number of benzene rings is 2. The van der Waals surface area contributed by atoms with E-state index in [0.29, 0.717) is 0 Å². The van der Waals surface area contributed by atoms with Crippen LogP contribution in [0.1, 0.15) is 61.1 Å². The van der Waals surface area contributed by atoms with E-state index in [-0.39, 0.29) is 0 Å². The van der Waals surface area contributed by atoms with E-state index in [1.165, 1.54) is 74.7 Å². The molecule has 0 aromatic heterocycles. The molecule has 2 heteroatoms. The first-order valence-electron chi connectivity index (χ1n) is 9.85. The van der Waals surface area contributed by atoms with Crippen molar-refractivity contribution in [2.45, 2.75) is 57.3 Å². The van der Waals surface area contributed by atoms with Crippen LogP contribution >= 0.6 is 11.6 Å². The highest BCUT2D eigenvalue weighted by atomic mass is 35.5. The molecule has 0 spiro atoms. The van der Waals surface area contributed by atoms with Crippen LogP contribution in [0.15, 0.2) is 48.5 Å². The fraction of sp³-hybridized carbons (Fsp3) is 0.478. The predicted molar refractivity (Wildman–Crippen MR) is 109 cm³/mol. The molecule has 1 saturated heterocycles. The van der Waals surface area contributed by atoms with Crippen molar-refractivity contribution in [2.24, 2.45) is 0 Å². The van der Waals surface area contributed by atoms with E-state index in [4.69, 9.17) is 11.6 Å². The Morgan fingerprint density at radius 2 is 1.48 bits per heavy atom. The average molecular weight is 356 g/mol. The Hall–Kier alpha value is -1.31. The summed E-state index contributed by atoms with van der Waals surface area (Å²) in [4.78, 5) is 0. The highest BCUT2D eigenvalue weighted by molar-refractivity contribution is 6.30. The summed E-state index contributed by atoms with van der Waals surface area (Å²) in [6, 6.07) is 17.7. The second kappa shape index (κ2) is 9.99. The number of halogens is 1. The number of hydrogen-bond donors (Lipinski definition) is 1. The number of piperidine rings is 1. The third-order valence-electron chi connectivity index (χ3n) is 5.36. The van der Waals surface area contributed by atoms with Gasteiger partial charge in [-0.15, -0.1) is 0 Å². The lowest BCUT2D eigenvalue weighted by Gasteiger charge is -2.23. The van der Waals surface area contributed by atoms with Crippen molar-refractivity contribution < 1.29 is 0 Å². The minimum Gasteiger partial charge on any atom is -0.317 e. The second-order valence-corrected chi connectivity index (χ2v) is 7.75. The van der Waals surface area contributed by atoms with Crippen LogP contribution in [-0.4, -0.2) is 13.1 Å². The molecule has 0 atom stereocenters. The highest BCUT2D eigenvalue weighted by Gasteiger charge is 2.14. The molecule has 0 unspecified atom stereocenters. The lowest BCUT2D eigenvalue weighted by Crippen LogP contribution is -2.26. The van der Waals surface area contributed by atoms with Crippen LogP contribution in [0, 0.1) is 0 Å². The van der Waals surface area contributed by atoms with Gasteiger partial charge < -0.3 is 5.32 Å². The van der Waals surface area contributed by atoms with Crippen molar-refractivity contribution in [3.63, 3.8) is 0 Å². The van der Waals surface area contributed by atoms with Crippen LogP contribution in [-0.2, 0) is 12.8 Å². The molecule has 0 amide bonds. The minimum absolute atomic E-state index is 0.766. The summed E-state index contributed by atoms with van der Waals surface area (Å²) in [6.45, 7) is 2.34. The van der Waals surface area contributed by atoms with Crippen molar-refractivity contribution in [1.29, 1.82) is 0 Å². The molecular weight excluding hydrogens is 326 g/mol. The second-order valence-electron chi connectivity index (χ2n) is 7.31. The van der Waals surface area contributed by atoms with Gasteiger partial charge in [-0.25, -0.2) is 0 Å². The normalized spacial score (nSPS) is 15.4. The fourth-order valence-corrected chi connectivity index (χ4v) is 4.03. The van der Waals surface area contributed by atoms with Crippen LogP contribution in [0.5, 0.6) is 0 Å². The first-order valence-corrected chi connectivity index (χ1v) is 10.2. The molecule has 0 bridgehead atoms. The number of aryl methyl sites for hydroxylation is 2. The first kappa shape index (κ1) is 18.5. The number of unbranched alkanes of at least 4 members (excludes halogenated alkanes) is 3. The molecule has 3 rings (SSSR count). The van der Waals surface area contributed by atoms with Gasteiger partial charge >= 0.3 is 0 Å². The van der Waals surface area contributed by atoms with Gasteiger partial charge in [0, 0.05) is 5.02 Å². The molecule has 0 saturated carbocycles. The van der Waals surface area contributed by atoms with Gasteiger partial charge in [0.2, 0.25) is 0 Å². The Kier molecular flexibility index (Phi) is 7.38. The van der Waals surface area contributed by atoms with Crippen molar-refractivity contribution in [1.82, 2.24) is 5.32 Å². The average Bonchev–Trinajstić information content (AvgIpc) is 2.66. The maximum Gasteiger partial charge on any atom is 0.0408 e. The van der Waals surface area contributed by atoms with Gasteiger partial charge in [-0.1, -0.05) is 60.8 Å². The third kappa shape index (κ3) is 6.17. The van der Waals surface area contributed by atoms with Crippen LogP contribution in [0.4, 0.5) is 0 Å². The van der Waals surface area contributed by atoms with Gasteiger partial charge in [-0.05, 0) is 86.4 Å². The van der Waals surface area contributed by atoms with Crippen LogP contribution in [0.25, 0.3) is 0 Å². The van der Waals surface area contributed by atoms with Crippen molar-refractivity contribution in [3.8, 4) is 0 Å². The molecule has 25 heavy (non-hydrogen) atoms. The monoisotopic (exact) mass is 355 g/mol. The summed E-state index contributed by atoms with van der Waals surface area (Å²) in [5.74, 6) is 0.766. The Morgan fingerprint density at radius 3 is 2.16 bits per heavy atom. The summed E-state index contributed by atoms with van der Waals surface area (Å²) in [6.07, 6.45) is 10.1. The van der Waals surface area contributed by atoms with Gasteiger partial charge in [0.15, 0.2) is 0 Å². The number of rotatable bonds is 8. The Labute approximate surface area is 157 Å². The zero-order valence-corrected chi connectivity index (χ0v) is 15.9. The molecular formula is C23H30ClN. The summed E-state index contributed by atoms with van der Waals surface area (Å²) in [5.41, 5.74) is 4.39. The van der Waals surface area contributed by atoms with Gasteiger partial charge in [0.25, 0.3) is 0 Å². The fourth-order valence-electron chi connectivity index (χ4n) is 3.82. The zero-order chi connectivity index (χ0) is 17.3. The quantitative estimate of drug-likeness (QED) is 0.560. The molecule has 2 aromatic carbocycles. The molecule has 134 valence electrons. The van der Waals surface area contributed by atoms with Crippen LogP contribution in [0.2, 0.25) is 5.02 Å². The topological polar surface area (TPSA) is 12.0 Å². The molecule has 1 N–H and O–H groups in total. The van der Waals surface area contributed by atoms with E-state index in [0.717, 1.165) is 17.4 Å². The lowest BCUT2D eigenvalue weighted by molar-refractivity contribution is 0.460. The molecule has 0 aliphatic carbocycles. The Balaban J connectivity index is 1.32. The van der Waals surface area contributed by atoms with Gasteiger partial charge in [0.05, 0.1) is 0 Å². The summed E-state index contributed by atoms with van der Waals surface area (Å²) >= 11 is 6.03. The highest BCUT2D eigenvalue weighted by Crippen LogP contribution is 2.25. The van der Waals surface area contributed by atoms with Gasteiger partial charge in [0.1, 0.15) is 0 Å². The van der Waals surface area contributed by atoms with E-state index in [2.05, 4.69) is 41.7 Å². The van der Waals surface area contributed by atoms with Crippen molar-refractivity contribution in [3.05, 3.63) is 70.2 Å². The van der Waals surface area contributed by atoms with Crippen LogP contribution in [0.3, 0.4) is 0 Å². The maximum absolute atomic E-state index is 6.03. The summed E-state index contributed by atoms with van der Waals surface area (Å²) in [7, 11) is 0. The largest absolute Gasteiger partial charge is 0.317 e. The zero-order valence-electron chi connectivity index (χ0n) is 15.1. The van der Waals surface area contributed by atoms with E-state index in [1.54, 1.807) is 0 Å². The minimum atomic E-state index is 0.766. The summed E-state index contributed by atoms with van der Waals surface area (Å²) in [5, 5.41) is 4.30. The SMILES string of the molecule is Clc1cccc(CCCCCCc2ccc(C3CCNCC3)cc2)c1. The maximum atomic E-state index is 6.03. The van der Waals surface area contributed by atoms with Gasteiger partial charge in [-0.3, -0.25) is 0 Å². The molecule has 2 aromatic rings. The van der Waals surface area contributed by atoms with Crippen molar-refractivity contribution >= 4 is 11.6 Å². The van der Waals surface area contributed by atoms with E-state index >= 15 is 0 Å². The standard InChI is InChI=1S/C23H30ClN/c24-23-9-5-8-20(18-23)7-4-2-1-3-6-19-10-12-21(13-11-19)22-14-16-25-17-15-22/h5,8-13,18,22,25H,1-4,6-7,14-17H2. The van der Waals surface area contributed by atoms with Gasteiger partial charge in [-0.2, -0.15) is 0 Å². The Morgan fingerprint density at radius 1 is 0.800 bits per heavy atom. The number of hydrogen-bond acceptors (Lipinski definition) is 1. The smallest absolute Gasteiger partial charge is 0.0408 e. The predicted octanol–water partition coefficient (Wildman–Crippen LogP) is 6.15.